The highest BCUT2D eigenvalue weighted by molar-refractivity contribution is 5.67. The van der Waals surface area contributed by atoms with Gasteiger partial charge in [0.05, 0.1) is 0 Å². The molecular formula is C17H26N2O3. The average Bonchev–Trinajstić information content (AvgIpc) is 2.58. The van der Waals surface area contributed by atoms with Crippen LogP contribution >= 0.6 is 0 Å². The number of amides is 1. The van der Waals surface area contributed by atoms with Crippen LogP contribution in [0.4, 0.5) is 4.79 Å². The van der Waals surface area contributed by atoms with E-state index < -0.39 is 0 Å². The Balaban J connectivity index is 1.70. The van der Waals surface area contributed by atoms with Crippen LogP contribution in [-0.2, 0) is 11.3 Å². The van der Waals surface area contributed by atoms with Crippen LogP contribution in [0, 0.1) is 0 Å². The number of benzene rings is 1. The third-order valence-corrected chi connectivity index (χ3v) is 4.22. The Morgan fingerprint density at radius 2 is 2.00 bits per heavy atom. The Morgan fingerprint density at radius 1 is 1.32 bits per heavy atom. The number of hydrogen-bond donors (Lipinski definition) is 1. The molecule has 5 heteroatoms. The zero-order valence-electron chi connectivity index (χ0n) is 13.3. The van der Waals surface area contributed by atoms with Crippen molar-refractivity contribution < 1.29 is 14.6 Å². The molecule has 0 unspecified atom stereocenters. The van der Waals surface area contributed by atoms with Gasteiger partial charge in [0.15, 0.2) is 0 Å². The highest BCUT2D eigenvalue weighted by Gasteiger charge is 2.25. The number of aliphatic hydroxyl groups is 1. The summed E-state index contributed by atoms with van der Waals surface area (Å²) in [6, 6.07) is 10.2. The van der Waals surface area contributed by atoms with Crippen molar-refractivity contribution in [1.29, 1.82) is 0 Å². The summed E-state index contributed by atoms with van der Waals surface area (Å²) in [7, 11) is 2.09. The minimum Gasteiger partial charge on any atom is -0.445 e. The van der Waals surface area contributed by atoms with Gasteiger partial charge >= 0.3 is 6.09 Å². The highest BCUT2D eigenvalue weighted by Crippen LogP contribution is 2.16. The fourth-order valence-corrected chi connectivity index (χ4v) is 2.80. The summed E-state index contributed by atoms with van der Waals surface area (Å²) in [6.07, 6.45) is 2.50. The van der Waals surface area contributed by atoms with Gasteiger partial charge in [-0.05, 0) is 31.9 Å². The smallest absolute Gasteiger partial charge is 0.410 e. The molecule has 122 valence electrons. The Morgan fingerprint density at radius 3 is 2.64 bits per heavy atom. The monoisotopic (exact) mass is 306 g/mol. The molecule has 5 nitrogen and oxygen atoms in total. The third-order valence-electron chi connectivity index (χ3n) is 4.22. The van der Waals surface area contributed by atoms with Crippen molar-refractivity contribution in [2.75, 3.05) is 33.3 Å². The van der Waals surface area contributed by atoms with Crippen molar-refractivity contribution in [1.82, 2.24) is 9.80 Å². The summed E-state index contributed by atoms with van der Waals surface area (Å²) in [6.45, 7) is 2.94. The van der Waals surface area contributed by atoms with E-state index in [-0.39, 0.29) is 12.7 Å². The first-order chi connectivity index (χ1) is 10.7. The summed E-state index contributed by atoms with van der Waals surface area (Å²) in [5.41, 5.74) is 1.01. The molecule has 1 aliphatic heterocycles. The molecule has 0 aromatic heterocycles. The molecule has 0 saturated carbocycles. The van der Waals surface area contributed by atoms with E-state index in [1.807, 2.05) is 30.3 Å². The van der Waals surface area contributed by atoms with Crippen molar-refractivity contribution in [3.05, 3.63) is 35.9 Å². The number of hydrogen-bond acceptors (Lipinski definition) is 4. The topological polar surface area (TPSA) is 53.0 Å². The molecule has 22 heavy (non-hydrogen) atoms. The fourth-order valence-electron chi connectivity index (χ4n) is 2.80. The standard InChI is InChI=1S/C17H26N2O3/c1-18(10-5-13-20)16-8-11-19(12-9-16)17(21)22-14-15-6-3-2-4-7-15/h2-4,6-7,16,20H,5,8-14H2,1H3. The lowest BCUT2D eigenvalue weighted by Crippen LogP contribution is -2.46. The van der Waals surface area contributed by atoms with E-state index in [9.17, 15) is 4.79 Å². The zero-order valence-corrected chi connectivity index (χ0v) is 13.3. The normalized spacial score (nSPS) is 16.0. The van der Waals surface area contributed by atoms with Crippen LogP contribution in [-0.4, -0.2) is 60.3 Å². The van der Waals surface area contributed by atoms with Crippen molar-refractivity contribution in [2.24, 2.45) is 0 Å². The predicted molar refractivity (Wildman–Crippen MR) is 85.6 cm³/mol. The summed E-state index contributed by atoms with van der Waals surface area (Å²) in [5, 5.41) is 8.89. The van der Waals surface area contributed by atoms with Gasteiger partial charge in [-0.25, -0.2) is 4.79 Å². The van der Waals surface area contributed by atoms with E-state index in [4.69, 9.17) is 9.84 Å². The molecule has 1 heterocycles. The molecule has 0 atom stereocenters. The first-order valence-electron chi connectivity index (χ1n) is 7.97. The highest BCUT2D eigenvalue weighted by atomic mass is 16.6. The minimum absolute atomic E-state index is 0.222. The van der Waals surface area contributed by atoms with Gasteiger partial charge in [-0.2, -0.15) is 0 Å². The van der Waals surface area contributed by atoms with Crippen LogP contribution in [0.1, 0.15) is 24.8 Å². The van der Waals surface area contributed by atoms with Crippen LogP contribution in [0.3, 0.4) is 0 Å². The van der Waals surface area contributed by atoms with Crippen LogP contribution in [0.5, 0.6) is 0 Å². The average molecular weight is 306 g/mol. The van der Waals surface area contributed by atoms with E-state index in [2.05, 4.69) is 11.9 Å². The first kappa shape index (κ1) is 16.8. The van der Waals surface area contributed by atoms with Gasteiger partial charge in [0.1, 0.15) is 6.61 Å². The Labute approximate surface area is 132 Å². The number of nitrogens with zero attached hydrogens (tertiary/aromatic N) is 2. The second kappa shape index (κ2) is 8.76. The molecule has 0 bridgehead atoms. The number of carbonyl (C=O) groups is 1. The molecule has 1 amide bonds. The maximum atomic E-state index is 12.1. The molecule has 2 rings (SSSR count). The van der Waals surface area contributed by atoms with E-state index in [0.29, 0.717) is 12.6 Å². The maximum Gasteiger partial charge on any atom is 0.410 e. The number of likely N-dealkylation sites (tertiary alicyclic amines) is 1. The molecule has 0 spiro atoms. The molecular weight excluding hydrogens is 280 g/mol. The Bertz CT molecular complexity index is 444. The molecule has 1 aromatic rings. The number of rotatable bonds is 6. The summed E-state index contributed by atoms with van der Waals surface area (Å²) in [5.74, 6) is 0. The zero-order chi connectivity index (χ0) is 15.8. The van der Waals surface area contributed by atoms with Gasteiger partial charge in [0.2, 0.25) is 0 Å². The maximum absolute atomic E-state index is 12.1. The first-order valence-corrected chi connectivity index (χ1v) is 7.97. The van der Waals surface area contributed by atoms with Crippen LogP contribution in [0.2, 0.25) is 0 Å². The Hall–Kier alpha value is -1.59. The fraction of sp³-hybridized carbons (Fsp3) is 0.588. The molecule has 1 aliphatic rings. The van der Waals surface area contributed by atoms with Crippen molar-refractivity contribution in [2.45, 2.75) is 31.9 Å². The number of ether oxygens (including phenoxy) is 1. The molecule has 1 fully saturated rings. The van der Waals surface area contributed by atoms with Crippen LogP contribution in [0.25, 0.3) is 0 Å². The largest absolute Gasteiger partial charge is 0.445 e. The second-order valence-electron chi connectivity index (χ2n) is 5.82. The lowest BCUT2D eigenvalue weighted by molar-refractivity contribution is 0.0719. The van der Waals surface area contributed by atoms with Gasteiger partial charge in [-0.15, -0.1) is 0 Å². The van der Waals surface area contributed by atoms with Crippen molar-refractivity contribution in [3.63, 3.8) is 0 Å². The summed E-state index contributed by atoms with van der Waals surface area (Å²) >= 11 is 0. The predicted octanol–water partition coefficient (Wildman–Crippen LogP) is 2.10. The van der Waals surface area contributed by atoms with Crippen LogP contribution in [0.15, 0.2) is 30.3 Å². The lowest BCUT2D eigenvalue weighted by atomic mass is 10.0. The van der Waals surface area contributed by atoms with Gasteiger partial charge in [0.25, 0.3) is 0 Å². The van der Waals surface area contributed by atoms with Crippen LogP contribution < -0.4 is 0 Å². The van der Waals surface area contributed by atoms with Crippen molar-refractivity contribution in [3.8, 4) is 0 Å². The van der Waals surface area contributed by atoms with Gasteiger partial charge in [0, 0.05) is 32.3 Å². The second-order valence-corrected chi connectivity index (χ2v) is 5.82. The SMILES string of the molecule is CN(CCCO)C1CCN(C(=O)OCc2ccccc2)CC1. The summed E-state index contributed by atoms with van der Waals surface area (Å²) in [4.78, 5) is 16.1. The summed E-state index contributed by atoms with van der Waals surface area (Å²) < 4.78 is 5.37. The van der Waals surface area contributed by atoms with Gasteiger partial charge in [-0.3, -0.25) is 0 Å². The quantitative estimate of drug-likeness (QED) is 0.874. The van der Waals surface area contributed by atoms with Gasteiger partial charge < -0.3 is 19.6 Å². The van der Waals surface area contributed by atoms with Gasteiger partial charge in [-0.1, -0.05) is 30.3 Å². The minimum atomic E-state index is -0.222. The van der Waals surface area contributed by atoms with E-state index >= 15 is 0 Å². The van der Waals surface area contributed by atoms with E-state index in [1.54, 1.807) is 4.90 Å². The number of carbonyl (C=O) groups excluding carboxylic acids is 1. The lowest BCUT2D eigenvalue weighted by Gasteiger charge is -2.36. The van der Waals surface area contributed by atoms with E-state index in [1.165, 1.54) is 0 Å². The number of piperidine rings is 1. The molecule has 0 aliphatic carbocycles. The molecule has 1 saturated heterocycles. The van der Waals surface area contributed by atoms with E-state index in [0.717, 1.165) is 44.5 Å². The van der Waals surface area contributed by atoms with Crippen molar-refractivity contribution >= 4 is 6.09 Å². The number of aliphatic hydroxyl groups excluding tert-OH is 1. The Kier molecular flexibility index (Phi) is 6.68. The molecule has 1 N–H and O–H groups in total. The molecule has 0 radical (unpaired) electrons. The third kappa shape index (κ3) is 5.00. The molecule has 1 aromatic carbocycles.